The van der Waals surface area contributed by atoms with Crippen molar-refractivity contribution in [2.75, 3.05) is 16.6 Å². The molecule has 0 bridgehead atoms. The van der Waals surface area contributed by atoms with Gasteiger partial charge in [-0.1, -0.05) is 36.4 Å². The van der Waals surface area contributed by atoms with Crippen LogP contribution < -0.4 is 14.5 Å². The van der Waals surface area contributed by atoms with E-state index in [9.17, 15) is 14.7 Å². The Labute approximate surface area is 201 Å². The Bertz CT molecular complexity index is 1450. The molecule has 0 saturated carbocycles. The zero-order valence-corrected chi connectivity index (χ0v) is 18.5. The van der Waals surface area contributed by atoms with Crippen molar-refractivity contribution in [2.24, 2.45) is 0 Å². The molecule has 2 amide bonds. The summed E-state index contributed by atoms with van der Waals surface area (Å²) in [7, 11) is 0. The number of nitrogens with zero attached hydrogens (tertiary/aromatic N) is 2. The highest BCUT2D eigenvalue weighted by molar-refractivity contribution is 6.21. The summed E-state index contributed by atoms with van der Waals surface area (Å²) in [5, 5.41) is 19.0. The summed E-state index contributed by atoms with van der Waals surface area (Å²) in [5.41, 5.74) is 2.19. The highest BCUT2D eigenvalue weighted by Crippen LogP contribution is 2.55. The number of aliphatic hydroxyl groups excluding tert-OH is 1. The molecule has 1 unspecified atom stereocenters. The summed E-state index contributed by atoms with van der Waals surface area (Å²) in [6, 6.07) is 27.8. The van der Waals surface area contributed by atoms with E-state index in [1.54, 1.807) is 70.5 Å². The number of hydrogen-bond donors (Lipinski definition) is 2. The molecule has 1 spiro atoms. The SMILES string of the molecule is O=C1c2ccccc2C2(c3ccccc3C(=O)N2c2ccc(OCO)cc2)N1c1ccc(O)cc1. The maximum absolute atomic E-state index is 14.0. The van der Waals surface area contributed by atoms with Crippen LogP contribution in [0.25, 0.3) is 0 Å². The van der Waals surface area contributed by atoms with Gasteiger partial charge < -0.3 is 14.9 Å². The number of phenolic OH excluding ortho intramolecular Hbond substituents is 1. The van der Waals surface area contributed by atoms with E-state index in [4.69, 9.17) is 9.84 Å². The lowest BCUT2D eigenvalue weighted by atomic mass is 9.89. The molecule has 6 rings (SSSR count). The Morgan fingerprint density at radius 2 is 1.11 bits per heavy atom. The molecule has 2 aliphatic rings. The standard InChI is InChI=1S/C28H20N2O5/c31-17-35-21-15-11-19(12-16-21)30-27(34)23-6-2-4-8-25(23)28(30)24-7-3-1-5-22(24)26(33)29(28)18-9-13-20(32)14-10-18/h1-16,31-32H,17H2. The Morgan fingerprint density at radius 1 is 0.657 bits per heavy atom. The van der Waals surface area contributed by atoms with E-state index in [0.717, 1.165) is 0 Å². The minimum absolute atomic E-state index is 0.0752. The summed E-state index contributed by atoms with van der Waals surface area (Å²) in [5.74, 6) is 0.0321. The van der Waals surface area contributed by atoms with Gasteiger partial charge in [-0.3, -0.25) is 19.4 Å². The van der Waals surface area contributed by atoms with Gasteiger partial charge in [-0.2, -0.15) is 0 Å². The molecule has 2 aliphatic heterocycles. The number of anilines is 2. The molecule has 4 aromatic carbocycles. The fourth-order valence-corrected chi connectivity index (χ4v) is 5.18. The summed E-state index contributed by atoms with van der Waals surface area (Å²) in [4.78, 5) is 31.2. The average Bonchev–Trinajstić information content (AvgIpc) is 3.30. The molecule has 0 radical (unpaired) electrons. The average molecular weight is 464 g/mol. The highest BCUT2D eigenvalue weighted by atomic mass is 16.6. The third kappa shape index (κ3) is 2.82. The van der Waals surface area contributed by atoms with Gasteiger partial charge >= 0.3 is 0 Å². The van der Waals surface area contributed by atoms with Crippen molar-refractivity contribution in [3.8, 4) is 11.5 Å². The van der Waals surface area contributed by atoms with Gasteiger partial charge in [0.2, 0.25) is 0 Å². The molecule has 7 nitrogen and oxygen atoms in total. The zero-order chi connectivity index (χ0) is 24.2. The van der Waals surface area contributed by atoms with E-state index in [1.165, 1.54) is 12.1 Å². The van der Waals surface area contributed by atoms with Crippen LogP contribution in [0.1, 0.15) is 31.8 Å². The van der Waals surface area contributed by atoms with Crippen molar-refractivity contribution in [1.29, 1.82) is 0 Å². The van der Waals surface area contributed by atoms with Crippen LogP contribution in [0.4, 0.5) is 11.4 Å². The van der Waals surface area contributed by atoms with E-state index in [1.807, 2.05) is 24.3 Å². The Balaban J connectivity index is 1.68. The van der Waals surface area contributed by atoms with Gasteiger partial charge in [0.15, 0.2) is 12.5 Å². The number of benzene rings is 4. The van der Waals surface area contributed by atoms with Gasteiger partial charge in [0.1, 0.15) is 11.5 Å². The molecular formula is C28H20N2O5. The van der Waals surface area contributed by atoms with Crippen LogP contribution in [-0.4, -0.2) is 28.8 Å². The second kappa shape index (κ2) is 7.72. The molecular weight excluding hydrogens is 444 g/mol. The van der Waals surface area contributed by atoms with Gasteiger partial charge in [0.05, 0.1) is 0 Å². The van der Waals surface area contributed by atoms with Crippen LogP contribution in [-0.2, 0) is 5.66 Å². The smallest absolute Gasteiger partial charge is 0.261 e. The predicted molar refractivity (Wildman–Crippen MR) is 130 cm³/mol. The minimum atomic E-state index is -1.28. The molecule has 35 heavy (non-hydrogen) atoms. The number of rotatable bonds is 4. The lowest BCUT2D eigenvalue weighted by molar-refractivity contribution is 0.0956. The lowest BCUT2D eigenvalue weighted by Crippen LogP contribution is -2.56. The molecule has 0 saturated heterocycles. The normalized spacial score (nSPS) is 18.2. The summed E-state index contributed by atoms with van der Waals surface area (Å²) < 4.78 is 5.17. The number of hydrogen-bond acceptors (Lipinski definition) is 5. The molecule has 172 valence electrons. The summed E-state index contributed by atoms with van der Waals surface area (Å²) in [6.07, 6.45) is 0. The van der Waals surface area contributed by atoms with Crippen molar-refractivity contribution in [3.05, 3.63) is 119 Å². The number of aliphatic hydroxyl groups is 1. The maximum Gasteiger partial charge on any atom is 0.261 e. The minimum Gasteiger partial charge on any atom is -0.508 e. The number of fused-ring (bicyclic) bond motifs is 4. The Morgan fingerprint density at radius 3 is 1.60 bits per heavy atom. The number of carbonyl (C=O) groups excluding carboxylic acids is 2. The van der Waals surface area contributed by atoms with Crippen LogP contribution in [0, 0.1) is 0 Å². The lowest BCUT2D eigenvalue weighted by Gasteiger charge is -2.43. The van der Waals surface area contributed by atoms with Gasteiger partial charge in [0.25, 0.3) is 11.8 Å². The summed E-state index contributed by atoms with van der Waals surface area (Å²) in [6.45, 7) is -0.464. The van der Waals surface area contributed by atoms with Crippen LogP contribution in [0.3, 0.4) is 0 Å². The Hall–Kier alpha value is -4.62. The van der Waals surface area contributed by atoms with Crippen LogP contribution in [0.15, 0.2) is 97.1 Å². The first-order chi connectivity index (χ1) is 17.1. The number of aromatic hydroxyl groups is 1. The topological polar surface area (TPSA) is 90.3 Å². The van der Waals surface area contributed by atoms with E-state index in [-0.39, 0.29) is 17.6 Å². The fourth-order valence-electron chi connectivity index (χ4n) is 5.18. The molecule has 7 heteroatoms. The largest absolute Gasteiger partial charge is 0.508 e. The van der Waals surface area contributed by atoms with Crippen molar-refractivity contribution in [1.82, 2.24) is 0 Å². The third-order valence-electron chi connectivity index (χ3n) is 6.55. The van der Waals surface area contributed by atoms with Gasteiger partial charge in [0, 0.05) is 33.6 Å². The predicted octanol–water partition coefficient (Wildman–Crippen LogP) is 4.24. The number of phenols is 1. The van der Waals surface area contributed by atoms with Crippen LogP contribution in [0.2, 0.25) is 0 Å². The quantitative estimate of drug-likeness (QED) is 0.441. The first kappa shape index (κ1) is 20.9. The van der Waals surface area contributed by atoms with Gasteiger partial charge in [-0.15, -0.1) is 0 Å². The van der Waals surface area contributed by atoms with E-state index in [0.29, 0.717) is 39.4 Å². The first-order valence-electron chi connectivity index (χ1n) is 11.1. The third-order valence-corrected chi connectivity index (χ3v) is 6.55. The summed E-state index contributed by atoms with van der Waals surface area (Å²) >= 11 is 0. The second-order valence-corrected chi connectivity index (χ2v) is 8.33. The van der Waals surface area contributed by atoms with Crippen LogP contribution >= 0.6 is 0 Å². The van der Waals surface area contributed by atoms with E-state index in [2.05, 4.69) is 0 Å². The van der Waals surface area contributed by atoms with Crippen LogP contribution in [0.5, 0.6) is 11.5 Å². The molecule has 0 aliphatic carbocycles. The number of ether oxygens (including phenoxy) is 1. The molecule has 0 aromatic heterocycles. The monoisotopic (exact) mass is 464 g/mol. The second-order valence-electron chi connectivity index (χ2n) is 8.33. The molecule has 2 heterocycles. The molecule has 2 N–H and O–H groups in total. The highest BCUT2D eigenvalue weighted by Gasteiger charge is 2.62. The Kier molecular flexibility index (Phi) is 4.62. The van der Waals surface area contributed by atoms with E-state index < -0.39 is 12.5 Å². The van der Waals surface area contributed by atoms with Crippen molar-refractivity contribution in [3.63, 3.8) is 0 Å². The maximum atomic E-state index is 14.0. The van der Waals surface area contributed by atoms with Gasteiger partial charge in [-0.05, 0) is 60.7 Å². The van der Waals surface area contributed by atoms with Crippen molar-refractivity contribution < 1.29 is 24.5 Å². The zero-order valence-electron chi connectivity index (χ0n) is 18.5. The molecule has 1 atom stereocenters. The van der Waals surface area contributed by atoms with Crippen molar-refractivity contribution >= 4 is 23.2 Å². The van der Waals surface area contributed by atoms with Gasteiger partial charge in [-0.25, -0.2) is 0 Å². The fraction of sp³-hybridized carbons (Fsp3) is 0.0714. The number of carbonyl (C=O) groups is 2. The first-order valence-corrected chi connectivity index (χ1v) is 11.1. The van der Waals surface area contributed by atoms with Crippen molar-refractivity contribution in [2.45, 2.75) is 5.66 Å². The number of amides is 2. The van der Waals surface area contributed by atoms with E-state index >= 15 is 0 Å². The molecule has 4 aromatic rings. The molecule has 0 fully saturated rings.